The SMILES string of the molecule is C=C(C(=O)CC(C)C)c1nc(-c2cccc(C)c2)cnc1N. The number of rotatable bonds is 5. The van der Waals surface area contributed by atoms with Crippen molar-refractivity contribution in [3.05, 3.63) is 48.3 Å². The first-order chi connectivity index (χ1) is 10.4. The summed E-state index contributed by atoms with van der Waals surface area (Å²) in [5, 5.41) is 0. The summed E-state index contributed by atoms with van der Waals surface area (Å²) in [6.07, 6.45) is 2.04. The molecule has 4 nitrogen and oxygen atoms in total. The first-order valence-electron chi connectivity index (χ1n) is 7.30. The minimum absolute atomic E-state index is 0.0441. The summed E-state index contributed by atoms with van der Waals surface area (Å²) < 4.78 is 0. The number of nitrogens with zero attached hydrogens (tertiary/aromatic N) is 2. The first-order valence-corrected chi connectivity index (χ1v) is 7.30. The first kappa shape index (κ1) is 15.9. The highest BCUT2D eigenvalue weighted by Gasteiger charge is 2.17. The molecular weight excluding hydrogens is 274 g/mol. The van der Waals surface area contributed by atoms with E-state index in [4.69, 9.17) is 5.73 Å². The molecule has 0 aliphatic carbocycles. The van der Waals surface area contributed by atoms with E-state index in [2.05, 4.69) is 16.5 Å². The van der Waals surface area contributed by atoms with E-state index in [0.717, 1.165) is 11.1 Å². The number of ketones is 1. The molecule has 2 aromatic rings. The highest BCUT2D eigenvalue weighted by atomic mass is 16.1. The van der Waals surface area contributed by atoms with Gasteiger partial charge in [-0.1, -0.05) is 44.2 Å². The third-order valence-corrected chi connectivity index (χ3v) is 3.33. The normalized spacial score (nSPS) is 10.7. The number of benzene rings is 1. The zero-order valence-corrected chi connectivity index (χ0v) is 13.3. The Morgan fingerprint density at radius 2 is 2.09 bits per heavy atom. The Kier molecular flexibility index (Phi) is 4.71. The largest absolute Gasteiger partial charge is 0.382 e. The van der Waals surface area contributed by atoms with E-state index in [1.807, 2.05) is 45.0 Å². The molecule has 2 N–H and O–H groups in total. The Balaban J connectivity index is 2.39. The second kappa shape index (κ2) is 6.52. The van der Waals surface area contributed by atoms with Crippen LogP contribution < -0.4 is 5.73 Å². The van der Waals surface area contributed by atoms with Gasteiger partial charge in [-0.2, -0.15) is 0 Å². The lowest BCUT2D eigenvalue weighted by Gasteiger charge is -2.10. The monoisotopic (exact) mass is 295 g/mol. The van der Waals surface area contributed by atoms with E-state index < -0.39 is 0 Å². The lowest BCUT2D eigenvalue weighted by molar-refractivity contribution is -0.114. The van der Waals surface area contributed by atoms with Gasteiger partial charge in [-0.25, -0.2) is 9.97 Å². The van der Waals surface area contributed by atoms with E-state index in [9.17, 15) is 4.79 Å². The smallest absolute Gasteiger partial charge is 0.164 e. The van der Waals surface area contributed by atoms with Gasteiger partial charge in [-0.15, -0.1) is 0 Å². The molecule has 0 fully saturated rings. The van der Waals surface area contributed by atoms with Crippen LogP contribution in [0.3, 0.4) is 0 Å². The molecular formula is C18H21N3O. The molecule has 4 heteroatoms. The van der Waals surface area contributed by atoms with Gasteiger partial charge in [0.2, 0.25) is 0 Å². The lowest BCUT2D eigenvalue weighted by atomic mass is 10.00. The molecule has 0 atom stereocenters. The van der Waals surface area contributed by atoms with Crippen LogP contribution in [0.2, 0.25) is 0 Å². The van der Waals surface area contributed by atoms with Gasteiger partial charge in [0, 0.05) is 17.6 Å². The van der Waals surface area contributed by atoms with Gasteiger partial charge < -0.3 is 5.73 Å². The molecule has 0 saturated carbocycles. The van der Waals surface area contributed by atoms with Crippen molar-refractivity contribution < 1.29 is 4.79 Å². The second-order valence-electron chi connectivity index (χ2n) is 5.86. The van der Waals surface area contributed by atoms with E-state index in [-0.39, 0.29) is 17.5 Å². The second-order valence-corrected chi connectivity index (χ2v) is 5.86. The summed E-state index contributed by atoms with van der Waals surface area (Å²) in [6.45, 7) is 9.85. The van der Waals surface area contributed by atoms with Crippen molar-refractivity contribution in [2.45, 2.75) is 27.2 Å². The maximum absolute atomic E-state index is 12.2. The Bertz CT molecular complexity index is 720. The summed E-state index contributed by atoms with van der Waals surface area (Å²) in [4.78, 5) is 20.9. The van der Waals surface area contributed by atoms with Crippen molar-refractivity contribution in [3.63, 3.8) is 0 Å². The summed E-state index contributed by atoms with van der Waals surface area (Å²) in [5.41, 5.74) is 9.35. The Labute approximate surface area is 131 Å². The molecule has 1 heterocycles. The van der Waals surface area contributed by atoms with Gasteiger partial charge in [0.25, 0.3) is 0 Å². The highest BCUT2D eigenvalue weighted by molar-refractivity contribution is 6.20. The quantitative estimate of drug-likeness (QED) is 0.855. The molecule has 114 valence electrons. The number of aromatic nitrogens is 2. The predicted octanol–water partition coefficient (Wildman–Crippen LogP) is 3.66. The van der Waals surface area contributed by atoms with Gasteiger partial charge in [-0.3, -0.25) is 4.79 Å². The van der Waals surface area contributed by atoms with Crippen LogP contribution >= 0.6 is 0 Å². The fourth-order valence-corrected chi connectivity index (χ4v) is 2.19. The van der Waals surface area contributed by atoms with Gasteiger partial charge in [-0.05, 0) is 18.9 Å². The Hall–Kier alpha value is -2.49. The van der Waals surface area contributed by atoms with Gasteiger partial charge in [0.1, 0.15) is 11.5 Å². The topological polar surface area (TPSA) is 68.9 Å². The molecule has 1 aromatic carbocycles. The number of aryl methyl sites for hydroxylation is 1. The molecule has 0 aliphatic heterocycles. The van der Waals surface area contributed by atoms with E-state index in [1.54, 1.807) is 6.20 Å². The van der Waals surface area contributed by atoms with Crippen LogP contribution in [0.4, 0.5) is 5.82 Å². The minimum atomic E-state index is -0.0441. The lowest BCUT2D eigenvalue weighted by Crippen LogP contribution is -2.09. The summed E-state index contributed by atoms with van der Waals surface area (Å²) in [6, 6.07) is 7.94. The number of hydrogen-bond acceptors (Lipinski definition) is 4. The van der Waals surface area contributed by atoms with Crippen molar-refractivity contribution in [2.75, 3.05) is 5.73 Å². The highest BCUT2D eigenvalue weighted by Crippen LogP contribution is 2.24. The van der Waals surface area contributed by atoms with Crippen molar-refractivity contribution in [1.82, 2.24) is 9.97 Å². The van der Waals surface area contributed by atoms with Crippen LogP contribution in [-0.2, 0) is 4.79 Å². The summed E-state index contributed by atoms with van der Waals surface area (Å²) in [5.74, 6) is 0.453. The molecule has 1 aromatic heterocycles. The van der Waals surface area contributed by atoms with Crippen LogP contribution in [0.15, 0.2) is 37.0 Å². The molecule has 0 unspecified atom stereocenters. The van der Waals surface area contributed by atoms with Crippen LogP contribution in [0, 0.1) is 12.8 Å². The van der Waals surface area contributed by atoms with Crippen LogP contribution in [0.1, 0.15) is 31.5 Å². The van der Waals surface area contributed by atoms with Crippen LogP contribution in [0.25, 0.3) is 16.8 Å². The maximum atomic E-state index is 12.2. The zero-order valence-electron chi connectivity index (χ0n) is 13.3. The van der Waals surface area contributed by atoms with Crippen molar-refractivity contribution >= 4 is 17.2 Å². The average Bonchev–Trinajstić information content (AvgIpc) is 2.46. The number of allylic oxidation sites excluding steroid dienone is 1. The molecule has 2 rings (SSSR count). The maximum Gasteiger partial charge on any atom is 0.164 e. The molecule has 0 aliphatic rings. The Morgan fingerprint density at radius 1 is 1.36 bits per heavy atom. The number of hydrogen-bond donors (Lipinski definition) is 1. The van der Waals surface area contributed by atoms with Crippen LogP contribution in [-0.4, -0.2) is 15.8 Å². The van der Waals surface area contributed by atoms with Crippen molar-refractivity contribution in [3.8, 4) is 11.3 Å². The van der Waals surface area contributed by atoms with E-state index in [0.29, 0.717) is 23.4 Å². The predicted molar refractivity (Wildman–Crippen MR) is 90.1 cm³/mol. The van der Waals surface area contributed by atoms with Gasteiger partial charge >= 0.3 is 0 Å². The number of nitrogens with two attached hydrogens (primary N) is 1. The van der Waals surface area contributed by atoms with Crippen molar-refractivity contribution in [1.29, 1.82) is 0 Å². The number of carbonyl (C=O) groups is 1. The number of carbonyl (C=O) groups excluding carboxylic acids is 1. The standard InChI is InChI=1S/C18H21N3O/c1-11(2)8-16(22)13(4)17-18(19)20-10-15(21-17)14-7-5-6-12(3)9-14/h5-7,9-11H,4,8H2,1-3H3,(H2,19,20). The van der Waals surface area contributed by atoms with E-state index in [1.165, 1.54) is 0 Å². The molecule has 0 radical (unpaired) electrons. The van der Waals surface area contributed by atoms with Crippen molar-refractivity contribution in [2.24, 2.45) is 5.92 Å². The molecule has 22 heavy (non-hydrogen) atoms. The molecule has 0 amide bonds. The Morgan fingerprint density at radius 3 is 2.73 bits per heavy atom. The number of Topliss-reactive ketones (excluding diaryl/α,β-unsaturated/α-hetero) is 1. The van der Waals surface area contributed by atoms with E-state index >= 15 is 0 Å². The summed E-state index contributed by atoms with van der Waals surface area (Å²) >= 11 is 0. The molecule has 0 bridgehead atoms. The summed E-state index contributed by atoms with van der Waals surface area (Å²) in [7, 11) is 0. The van der Waals surface area contributed by atoms with Crippen LogP contribution in [0.5, 0.6) is 0 Å². The van der Waals surface area contributed by atoms with Gasteiger partial charge in [0.15, 0.2) is 5.78 Å². The molecule has 0 saturated heterocycles. The minimum Gasteiger partial charge on any atom is -0.382 e. The third-order valence-electron chi connectivity index (χ3n) is 3.33. The number of nitrogen functional groups attached to an aromatic ring is 1. The fourth-order valence-electron chi connectivity index (χ4n) is 2.19. The fraction of sp³-hybridized carbons (Fsp3) is 0.278. The number of anilines is 1. The molecule has 0 spiro atoms. The third kappa shape index (κ3) is 3.58. The zero-order chi connectivity index (χ0) is 16.3. The average molecular weight is 295 g/mol. The van der Waals surface area contributed by atoms with Gasteiger partial charge in [0.05, 0.1) is 11.9 Å².